The molecule has 0 aliphatic heterocycles. The van der Waals surface area contributed by atoms with Crippen LogP contribution in [0.3, 0.4) is 0 Å². The number of ketones is 2. The van der Waals surface area contributed by atoms with E-state index in [-0.39, 0.29) is 11.6 Å². The molecule has 10 aromatic rings. The lowest BCUT2D eigenvalue weighted by molar-refractivity contribution is 0.0984. The lowest BCUT2D eigenvalue weighted by atomic mass is 9.63. The molecule has 0 saturated heterocycles. The van der Waals surface area contributed by atoms with Crippen molar-refractivity contribution in [2.24, 2.45) is 0 Å². The van der Waals surface area contributed by atoms with Crippen molar-refractivity contribution in [3.8, 4) is 35.2 Å². The van der Waals surface area contributed by atoms with Gasteiger partial charge in [0, 0.05) is 24.0 Å². The van der Waals surface area contributed by atoms with Crippen molar-refractivity contribution in [2.45, 2.75) is 43.9 Å². The number of carbonyl (C=O) groups is 2. The SMILES string of the molecule is CC#CCOc1ccc2cc(C3(c4ccc(Cc5ccc(C6(c7ccc8cc(OCC#CC)ccc8c7)c7ccccc7CC(=O)c7ccccc76)cc5)cc4)c4ccccc4CC(=O)c4ccccc43)ccc2c1. The Kier molecular flexibility index (Phi) is 12.3. The fraction of sp³-hybridized carbons (Fsp3) is 0.127. The summed E-state index contributed by atoms with van der Waals surface area (Å²) in [7, 11) is 0. The van der Waals surface area contributed by atoms with E-state index in [9.17, 15) is 9.59 Å². The molecule has 0 radical (unpaired) electrons. The molecule has 0 aromatic heterocycles. The molecule has 0 saturated carbocycles. The summed E-state index contributed by atoms with van der Waals surface area (Å²) in [5.41, 5.74) is 12.7. The first kappa shape index (κ1) is 46.8. The van der Waals surface area contributed by atoms with Crippen molar-refractivity contribution >= 4 is 33.1 Å². The summed E-state index contributed by atoms with van der Waals surface area (Å²) in [6.07, 6.45) is 1.34. The molecule has 0 heterocycles. The Morgan fingerprint density at radius 3 is 1.17 bits per heavy atom. The van der Waals surface area contributed by atoms with Crippen LogP contribution in [-0.2, 0) is 30.1 Å². The predicted octanol–water partition coefficient (Wildman–Crippen LogP) is 14.6. The van der Waals surface area contributed by atoms with E-state index < -0.39 is 10.8 Å². The Hall–Kier alpha value is -9.22. The maximum atomic E-state index is 14.3. The molecule has 12 rings (SSSR count). The molecule has 0 bridgehead atoms. The number of rotatable bonds is 10. The van der Waals surface area contributed by atoms with Crippen molar-refractivity contribution in [1.29, 1.82) is 0 Å². The van der Waals surface area contributed by atoms with E-state index in [2.05, 4.69) is 194 Å². The molecule has 2 aliphatic rings. The highest BCUT2D eigenvalue weighted by Crippen LogP contribution is 2.52. The third-order valence-corrected chi connectivity index (χ3v) is 15.5. The highest BCUT2D eigenvalue weighted by Gasteiger charge is 2.46. The third-order valence-electron chi connectivity index (χ3n) is 15.5. The van der Waals surface area contributed by atoms with Crippen LogP contribution in [0.15, 0.2) is 218 Å². The van der Waals surface area contributed by atoms with E-state index in [1.807, 2.05) is 62.4 Å². The first-order valence-corrected chi connectivity index (χ1v) is 25.6. The number of Topliss-reactive ketones (excluding diaryl/α,β-unsaturated/α-hetero) is 2. The largest absolute Gasteiger partial charge is 0.481 e. The topological polar surface area (TPSA) is 52.6 Å². The van der Waals surface area contributed by atoms with Crippen LogP contribution in [0.5, 0.6) is 11.5 Å². The number of fused-ring (bicyclic) bond motifs is 6. The summed E-state index contributed by atoms with van der Waals surface area (Å²) in [6.45, 7) is 4.29. The molecule has 2 unspecified atom stereocenters. The molecular formula is C71H52O4. The van der Waals surface area contributed by atoms with E-state index >= 15 is 0 Å². The molecule has 0 N–H and O–H groups in total. The average molecular weight is 969 g/mol. The molecule has 10 aromatic carbocycles. The lowest BCUT2D eigenvalue weighted by Gasteiger charge is -2.38. The molecular weight excluding hydrogens is 917 g/mol. The van der Waals surface area contributed by atoms with Gasteiger partial charge in [-0.25, -0.2) is 0 Å². The van der Waals surface area contributed by atoms with Gasteiger partial charge < -0.3 is 9.47 Å². The van der Waals surface area contributed by atoms with Crippen molar-refractivity contribution in [3.05, 3.63) is 296 Å². The summed E-state index contributed by atoms with van der Waals surface area (Å²) < 4.78 is 11.9. The second-order valence-corrected chi connectivity index (χ2v) is 19.6. The van der Waals surface area contributed by atoms with Crippen LogP contribution >= 0.6 is 0 Å². The highest BCUT2D eigenvalue weighted by molar-refractivity contribution is 6.03. The van der Waals surface area contributed by atoms with Gasteiger partial charge in [-0.1, -0.05) is 194 Å². The van der Waals surface area contributed by atoms with Crippen molar-refractivity contribution < 1.29 is 19.1 Å². The molecule has 75 heavy (non-hydrogen) atoms. The zero-order valence-corrected chi connectivity index (χ0v) is 42.0. The smallest absolute Gasteiger partial charge is 0.167 e. The fourth-order valence-electron chi connectivity index (χ4n) is 12.0. The Bertz CT molecular complexity index is 3750. The lowest BCUT2D eigenvalue weighted by Crippen LogP contribution is -2.32. The van der Waals surface area contributed by atoms with E-state index in [1.165, 1.54) is 0 Å². The van der Waals surface area contributed by atoms with Crippen LogP contribution in [0.2, 0.25) is 0 Å². The molecule has 2 aliphatic carbocycles. The fourth-order valence-corrected chi connectivity index (χ4v) is 12.0. The van der Waals surface area contributed by atoms with Gasteiger partial charge in [-0.15, -0.1) is 11.8 Å². The summed E-state index contributed by atoms with van der Waals surface area (Å²) in [5, 5.41) is 4.28. The first-order valence-electron chi connectivity index (χ1n) is 25.6. The minimum Gasteiger partial charge on any atom is -0.481 e. The second-order valence-electron chi connectivity index (χ2n) is 19.6. The monoisotopic (exact) mass is 968 g/mol. The quantitative estimate of drug-likeness (QED) is 0.128. The van der Waals surface area contributed by atoms with Gasteiger partial charge in [-0.2, -0.15) is 0 Å². The number of carbonyl (C=O) groups excluding carboxylic acids is 2. The minimum absolute atomic E-state index is 0.112. The van der Waals surface area contributed by atoms with Crippen LogP contribution in [-0.4, -0.2) is 24.8 Å². The normalized spacial score (nSPS) is 16.4. The number of ether oxygens (including phenoxy) is 2. The van der Waals surface area contributed by atoms with E-state index in [0.717, 1.165) is 111 Å². The summed E-state index contributed by atoms with van der Waals surface area (Å²) in [6, 6.07) is 77.0. The molecule has 2 atom stereocenters. The van der Waals surface area contributed by atoms with E-state index in [1.54, 1.807) is 0 Å². The van der Waals surface area contributed by atoms with Gasteiger partial charge in [-0.05, 0) is 145 Å². The molecule has 0 spiro atoms. The van der Waals surface area contributed by atoms with Gasteiger partial charge in [0.25, 0.3) is 0 Å². The Morgan fingerprint density at radius 2 is 0.747 bits per heavy atom. The number of benzene rings is 10. The van der Waals surface area contributed by atoms with Crippen LogP contribution in [0, 0.1) is 23.7 Å². The third kappa shape index (κ3) is 8.17. The molecule has 0 fully saturated rings. The average Bonchev–Trinajstić information content (AvgIpc) is 3.78. The number of hydrogen-bond donors (Lipinski definition) is 0. The van der Waals surface area contributed by atoms with Gasteiger partial charge in [0.05, 0.1) is 10.8 Å². The van der Waals surface area contributed by atoms with Crippen LogP contribution < -0.4 is 9.47 Å². The Labute approximate surface area is 438 Å². The zero-order chi connectivity index (χ0) is 50.9. The second kappa shape index (κ2) is 19.7. The van der Waals surface area contributed by atoms with Gasteiger partial charge in [0.15, 0.2) is 11.6 Å². The Morgan fingerprint density at radius 1 is 0.387 bits per heavy atom. The van der Waals surface area contributed by atoms with Gasteiger partial charge in [0.1, 0.15) is 24.7 Å². The molecule has 0 amide bonds. The molecule has 360 valence electrons. The molecule has 4 heteroatoms. The Balaban J connectivity index is 0.957. The van der Waals surface area contributed by atoms with Crippen molar-refractivity contribution in [1.82, 2.24) is 0 Å². The molecule has 4 nitrogen and oxygen atoms in total. The number of hydrogen-bond acceptors (Lipinski definition) is 4. The maximum Gasteiger partial charge on any atom is 0.167 e. The highest BCUT2D eigenvalue weighted by atomic mass is 16.5. The summed E-state index contributed by atoms with van der Waals surface area (Å²) >= 11 is 0. The van der Waals surface area contributed by atoms with Crippen molar-refractivity contribution in [3.63, 3.8) is 0 Å². The maximum absolute atomic E-state index is 14.3. The first-order chi connectivity index (χ1) is 36.9. The van der Waals surface area contributed by atoms with Gasteiger partial charge in [-0.3, -0.25) is 9.59 Å². The van der Waals surface area contributed by atoms with E-state index in [0.29, 0.717) is 32.5 Å². The zero-order valence-electron chi connectivity index (χ0n) is 42.0. The van der Waals surface area contributed by atoms with Crippen LogP contribution in [0.1, 0.15) is 101 Å². The van der Waals surface area contributed by atoms with Gasteiger partial charge >= 0.3 is 0 Å². The van der Waals surface area contributed by atoms with Gasteiger partial charge in [0.2, 0.25) is 0 Å². The van der Waals surface area contributed by atoms with Crippen molar-refractivity contribution in [2.75, 3.05) is 13.2 Å². The standard InChI is InChI=1S/C71H52O4/c1-3-5-39-74-60-37-29-50-42-58(35-27-52(50)44-60)70(64-19-11-7-15-54(64)46-68(72)62-17-9-13-21-66(62)70)56-31-23-48(24-32-56)41-49-25-33-57(34-26-49)71(59-36-28-53-45-61(75-40-6-4-2)38-30-51(53)43-59)65-20-12-8-16-55(65)47-69(73)63-18-10-14-22-67(63)71/h7-38,42-45H,39-41,46-47H2,1-2H3. The predicted molar refractivity (Wildman–Crippen MR) is 301 cm³/mol. The minimum atomic E-state index is -0.802. The van der Waals surface area contributed by atoms with E-state index in [4.69, 9.17) is 9.47 Å². The van der Waals surface area contributed by atoms with Crippen LogP contribution in [0.4, 0.5) is 0 Å². The summed E-state index contributed by atoms with van der Waals surface area (Å²) in [5.74, 6) is 13.6. The summed E-state index contributed by atoms with van der Waals surface area (Å²) in [4.78, 5) is 28.5. The van der Waals surface area contributed by atoms with Crippen LogP contribution in [0.25, 0.3) is 21.5 Å².